The minimum atomic E-state index is -0.847. The molecule has 3 atom stereocenters. The summed E-state index contributed by atoms with van der Waals surface area (Å²) in [6, 6.07) is -0.821. The van der Waals surface area contributed by atoms with E-state index in [-0.39, 0.29) is 11.9 Å². The molecule has 1 rings (SSSR count). The smallest absolute Gasteiger partial charge is 0.311 e. The number of carboxylic acid groups (broad SMARTS) is 1. The number of nitrogens with two attached hydrogens (primary N) is 1. The van der Waals surface area contributed by atoms with Gasteiger partial charge < -0.3 is 16.2 Å². The second kappa shape index (κ2) is 6.18. The van der Waals surface area contributed by atoms with E-state index in [0.717, 1.165) is 25.7 Å². The van der Waals surface area contributed by atoms with Crippen LogP contribution in [0.25, 0.3) is 0 Å². The summed E-state index contributed by atoms with van der Waals surface area (Å²) in [6.07, 6.45) is 4.72. The number of carboxylic acids is 1. The minimum absolute atomic E-state index is 0.220. The van der Waals surface area contributed by atoms with Crippen molar-refractivity contribution in [3.8, 4) is 0 Å². The van der Waals surface area contributed by atoms with Gasteiger partial charge in [-0.3, -0.25) is 9.59 Å². The van der Waals surface area contributed by atoms with E-state index in [1.54, 1.807) is 6.92 Å². The summed E-state index contributed by atoms with van der Waals surface area (Å²) in [7, 11) is 0. The Balaban J connectivity index is 2.56. The molecule has 4 N–H and O–H groups in total. The van der Waals surface area contributed by atoms with Gasteiger partial charge in [-0.05, 0) is 26.2 Å². The number of aliphatic carboxylic acids is 1. The van der Waals surface area contributed by atoms with Crippen LogP contribution in [0.3, 0.4) is 0 Å². The largest absolute Gasteiger partial charge is 0.481 e. The normalized spacial score (nSPS) is 28.9. The van der Waals surface area contributed by atoms with Crippen molar-refractivity contribution >= 4 is 11.9 Å². The topological polar surface area (TPSA) is 92.4 Å². The van der Waals surface area contributed by atoms with E-state index in [0.29, 0.717) is 12.8 Å². The average Bonchev–Trinajstić information content (AvgIpc) is 2.69. The van der Waals surface area contributed by atoms with Crippen LogP contribution in [-0.4, -0.2) is 29.1 Å². The fraction of sp³-hybridized carbons (Fsp3) is 0.846. The Morgan fingerprint density at radius 2 is 2.22 bits per heavy atom. The first-order valence-electron chi connectivity index (χ1n) is 6.71. The van der Waals surface area contributed by atoms with Crippen LogP contribution in [0, 0.1) is 5.41 Å². The number of nitrogens with one attached hydrogen (secondary N) is 1. The third-order valence-corrected chi connectivity index (χ3v) is 3.97. The highest BCUT2D eigenvalue weighted by atomic mass is 16.4. The standard InChI is InChI=1S/C13H24N2O3/c1-3-4-6-9(14)11(16)15-10-7-5-8-13(10,2)12(17)18/h9-10H,3-8,14H2,1-2H3,(H,15,16)(H,17,18). The van der Waals surface area contributed by atoms with Gasteiger partial charge in [-0.25, -0.2) is 0 Å². The molecule has 1 aliphatic rings. The first-order chi connectivity index (χ1) is 8.41. The predicted octanol–water partition coefficient (Wildman–Crippen LogP) is 1.26. The molecular weight excluding hydrogens is 232 g/mol. The summed E-state index contributed by atoms with van der Waals surface area (Å²) in [5.41, 5.74) is 4.94. The van der Waals surface area contributed by atoms with Gasteiger partial charge in [-0.1, -0.05) is 26.2 Å². The molecule has 1 amide bonds. The zero-order valence-electron chi connectivity index (χ0n) is 11.2. The summed E-state index contributed by atoms with van der Waals surface area (Å²) in [5.74, 6) is -1.06. The van der Waals surface area contributed by atoms with Gasteiger partial charge >= 0.3 is 5.97 Å². The second-order valence-corrected chi connectivity index (χ2v) is 5.42. The first-order valence-corrected chi connectivity index (χ1v) is 6.71. The minimum Gasteiger partial charge on any atom is -0.481 e. The molecule has 1 aliphatic carbocycles. The maximum atomic E-state index is 11.9. The molecule has 18 heavy (non-hydrogen) atoms. The lowest BCUT2D eigenvalue weighted by Gasteiger charge is -2.28. The number of carbonyl (C=O) groups excluding carboxylic acids is 1. The number of hydrogen-bond donors (Lipinski definition) is 3. The summed E-state index contributed by atoms with van der Waals surface area (Å²) in [5, 5.41) is 12.1. The van der Waals surface area contributed by atoms with Crippen molar-refractivity contribution in [1.29, 1.82) is 0 Å². The van der Waals surface area contributed by atoms with Gasteiger partial charge in [0.15, 0.2) is 0 Å². The van der Waals surface area contributed by atoms with Gasteiger partial charge in [-0.15, -0.1) is 0 Å². The van der Waals surface area contributed by atoms with Gasteiger partial charge in [-0.2, -0.15) is 0 Å². The fourth-order valence-electron chi connectivity index (χ4n) is 2.49. The van der Waals surface area contributed by atoms with Gasteiger partial charge in [0, 0.05) is 6.04 Å². The summed E-state index contributed by atoms with van der Waals surface area (Å²) in [4.78, 5) is 23.2. The molecule has 0 aromatic heterocycles. The Labute approximate surface area is 108 Å². The molecule has 5 heteroatoms. The van der Waals surface area contributed by atoms with E-state index in [1.807, 2.05) is 6.92 Å². The molecule has 0 bridgehead atoms. The Hall–Kier alpha value is -1.10. The lowest BCUT2D eigenvalue weighted by Crippen LogP contribution is -2.51. The molecule has 0 aliphatic heterocycles. The summed E-state index contributed by atoms with van der Waals surface area (Å²) >= 11 is 0. The predicted molar refractivity (Wildman–Crippen MR) is 69.0 cm³/mol. The third-order valence-electron chi connectivity index (χ3n) is 3.97. The van der Waals surface area contributed by atoms with E-state index in [2.05, 4.69) is 5.32 Å². The van der Waals surface area contributed by atoms with Crippen LogP contribution in [0.15, 0.2) is 0 Å². The fourth-order valence-corrected chi connectivity index (χ4v) is 2.49. The molecule has 3 unspecified atom stereocenters. The Bertz CT molecular complexity index is 319. The number of unbranched alkanes of at least 4 members (excludes halogenated alkanes) is 1. The van der Waals surface area contributed by atoms with Crippen molar-refractivity contribution in [1.82, 2.24) is 5.32 Å². The highest BCUT2D eigenvalue weighted by Crippen LogP contribution is 2.38. The summed E-state index contributed by atoms with van der Waals surface area (Å²) < 4.78 is 0. The lowest BCUT2D eigenvalue weighted by atomic mass is 9.84. The van der Waals surface area contributed by atoms with E-state index < -0.39 is 17.4 Å². The first kappa shape index (κ1) is 15.0. The molecule has 5 nitrogen and oxygen atoms in total. The van der Waals surface area contributed by atoms with Gasteiger partial charge in [0.25, 0.3) is 0 Å². The Morgan fingerprint density at radius 3 is 2.78 bits per heavy atom. The highest BCUT2D eigenvalue weighted by Gasteiger charge is 2.46. The maximum Gasteiger partial charge on any atom is 0.311 e. The number of rotatable bonds is 6. The van der Waals surface area contributed by atoms with Crippen molar-refractivity contribution in [3.05, 3.63) is 0 Å². The quantitative estimate of drug-likeness (QED) is 0.667. The van der Waals surface area contributed by atoms with Crippen molar-refractivity contribution in [3.63, 3.8) is 0 Å². The molecule has 0 spiro atoms. The third kappa shape index (κ3) is 3.22. The van der Waals surface area contributed by atoms with Crippen LogP contribution >= 0.6 is 0 Å². The average molecular weight is 256 g/mol. The number of carbonyl (C=O) groups is 2. The molecule has 0 saturated heterocycles. The van der Waals surface area contributed by atoms with E-state index in [1.165, 1.54) is 0 Å². The molecule has 1 saturated carbocycles. The van der Waals surface area contributed by atoms with Crippen molar-refractivity contribution in [2.75, 3.05) is 0 Å². The molecule has 0 aromatic carbocycles. The van der Waals surface area contributed by atoms with Crippen LogP contribution in [0.2, 0.25) is 0 Å². The van der Waals surface area contributed by atoms with Crippen molar-refractivity contribution in [2.45, 2.75) is 64.5 Å². The Morgan fingerprint density at radius 1 is 1.56 bits per heavy atom. The molecule has 104 valence electrons. The van der Waals surface area contributed by atoms with E-state index in [4.69, 9.17) is 5.73 Å². The SMILES string of the molecule is CCCCC(N)C(=O)NC1CCCC1(C)C(=O)O. The van der Waals surface area contributed by atoms with Crippen LogP contribution in [-0.2, 0) is 9.59 Å². The van der Waals surface area contributed by atoms with Crippen LogP contribution in [0.5, 0.6) is 0 Å². The molecule has 0 heterocycles. The van der Waals surface area contributed by atoms with Crippen LogP contribution in [0.1, 0.15) is 52.4 Å². The highest BCUT2D eigenvalue weighted by molar-refractivity contribution is 5.83. The number of amides is 1. The molecule has 0 radical (unpaired) electrons. The van der Waals surface area contributed by atoms with Gasteiger partial charge in [0.1, 0.15) is 0 Å². The van der Waals surface area contributed by atoms with Crippen molar-refractivity contribution < 1.29 is 14.7 Å². The number of hydrogen-bond acceptors (Lipinski definition) is 3. The van der Waals surface area contributed by atoms with Crippen molar-refractivity contribution in [2.24, 2.45) is 11.1 Å². The van der Waals surface area contributed by atoms with Gasteiger partial charge in [0.2, 0.25) is 5.91 Å². The second-order valence-electron chi connectivity index (χ2n) is 5.42. The molecular formula is C13H24N2O3. The Kier molecular flexibility index (Phi) is 5.14. The van der Waals surface area contributed by atoms with E-state index in [9.17, 15) is 14.7 Å². The van der Waals surface area contributed by atoms with E-state index >= 15 is 0 Å². The molecule has 0 aromatic rings. The van der Waals surface area contributed by atoms with Crippen LogP contribution in [0.4, 0.5) is 0 Å². The maximum absolute atomic E-state index is 11.9. The summed E-state index contributed by atoms with van der Waals surface area (Å²) in [6.45, 7) is 3.74. The van der Waals surface area contributed by atoms with Gasteiger partial charge in [0.05, 0.1) is 11.5 Å². The zero-order valence-corrected chi connectivity index (χ0v) is 11.2. The zero-order chi connectivity index (χ0) is 13.8. The lowest BCUT2D eigenvalue weighted by molar-refractivity contribution is -0.149. The molecule has 1 fully saturated rings. The monoisotopic (exact) mass is 256 g/mol. The van der Waals surface area contributed by atoms with Crippen LogP contribution < -0.4 is 11.1 Å².